The first-order valence-electron chi connectivity index (χ1n) is 2.09. The van der Waals surface area contributed by atoms with Gasteiger partial charge in [0.1, 0.15) is 0 Å². The summed E-state index contributed by atoms with van der Waals surface area (Å²) >= 11 is 0. The van der Waals surface area contributed by atoms with Gasteiger partial charge in [-0.1, -0.05) is 6.58 Å². The van der Waals surface area contributed by atoms with Gasteiger partial charge in [-0.15, -0.1) is 0 Å². The van der Waals surface area contributed by atoms with Crippen LogP contribution in [-0.4, -0.2) is 0 Å². The zero-order valence-electron chi connectivity index (χ0n) is 3.94. The second-order valence-corrected chi connectivity index (χ2v) is 1.31. The highest BCUT2D eigenvalue weighted by Gasteiger charge is 1.82. The number of hydrogen-bond donors (Lipinski definition) is 1. The molecule has 0 aromatic rings. The van der Waals surface area contributed by atoms with Crippen molar-refractivity contribution in [3.8, 4) is 0 Å². The minimum Gasteiger partial charge on any atom is -0.362 e. The number of nitrogens with one attached hydrogen (secondary N) is 1. The molecule has 1 heteroatoms. The zero-order chi connectivity index (χ0) is 5.11. The Hall–Kier alpha value is -0.980. The van der Waals surface area contributed by atoms with Gasteiger partial charge < -0.3 is 5.32 Å². The molecule has 1 rings (SSSR count). The van der Waals surface area contributed by atoms with E-state index in [4.69, 9.17) is 0 Å². The van der Waals surface area contributed by atoms with Gasteiger partial charge in [-0.2, -0.15) is 0 Å². The molecule has 0 aromatic carbocycles. The minimum atomic E-state index is 0.891. The number of dihydropyridines is 1. The van der Waals surface area contributed by atoms with Gasteiger partial charge in [-0.3, -0.25) is 0 Å². The lowest BCUT2D eigenvalue weighted by Gasteiger charge is -1.99. The van der Waals surface area contributed by atoms with E-state index in [0.29, 0.717) is 0 Å². The zero-order valence-corrected chi connectivity index (χ0v) is 3.94. The van der Waals surface area contributed by atoms with E-state index in [2.05, 4.69) is 18.0 Å². The Morgan fingerprint density at radius 3 is 2.86 bits per heavy atom. The maximum absolute atomic E-state index is 3.63. The molecule has 0 aromatic heterocycles. The van der Waals surface area contributed by atoms with Crippen LogP contribution in [0.15, 0.2) is 30.6 Å². The highest BCUT2D eigenvalue weighted by molar-refractivity contribution is 5.19. The SMILES string of the molecule is C=C1C=[C]C=CN1. The summed E-state index contributed by atoms with van der Waals surface area (Å²) in [7, 11) is 0. The largest absolute Gasteiger partial charge is 0.362 e. The number of allylic oxidation sites excluding steroid dienone is 3. The average Bonchev–Trinajstić information content (AvgIpc) is 1.69. The van der Waals surface area contributed by atoms with Gasteiger partial charge in [0.05, 0.1) is 0 Å². The van der Waals surface area contributed by atoms with E-state index in [1.807, 2.05) is 0 Å². The topological polar surface area (TPSA) is 12.0 Å². The van der Waals surface area contributed by atoms with Gasteiger partial charge in [-0.05, 0) is 18.2 Å². The molecule has 0 saturated carbocycles. The van der Waals surface area contributed by atoms with Gasteiger partial charge in [0.15, 0.2) is 0 Å². The fourth-order valence-electron chi connectivity index (χ4n) is 0.387. The van der Waals surface area contributed by atoms with Crippen molar-refractivity contribution >= 4 is 0 Å². The van der Waals surface area contributed by atoms with E-state index in [0.717, 1.165) is 5.70 Å². The summed E-state index contributed by atoms with van der Waals surface area (Å²) in [4.78, 5) is 0. The summed E-state index contributed by atoms with van der Waals surface area (Å²) in [6, 6.07) is 0. The Kier molecular flexibility index (Phi) is 0.984. The van der Waals surface area contributed by atoms with E-state index in [1.165, 1.54) is 0 Å². The second kappa shape index (κ2) is 1.65. The third-order valence-corrected chi connectivity index (χ3v) is 0.706. The molecule has 0 fully saturated rings. The lowest BCUT2D eigenvalue weighted by atomic mass is 10.3. The molecule has 0 saturated heterocycles. The predicted octanol–water partition coefficient (Wildman–Crippen LogP) is 0.976. The first-order valence-corrected chi connectivity index (χ1v) is 2.09. The van der Waals surface area contributed by atoms with Crippen LogP contribution in [0.2, 0.25) is 0 Å². The first-order chi connectivity index (χ1) is 3.39. The van der Waals surface area contributed by atoms with Crippen molar-refractivity contribution < 1.29 is 0 Å². The van der Waals surface area contributed by atoms with E-state index in [1.54, 1.807) is 18.4 Å². The van der Waals surface area contributed by atoms with Crippen LogP contribution < -0.4 is 5.32 Å². The molecule has 1 nitrogen and oxygen atoms in total. The Bertz CT molecular complexity index is 131. The fourth-order valence-corrected chi connectivity index (χ4v) is 0.387. The van der Waals surface area contributed by atoms with Crippen molar-refractivity contribution in [1.29, 1.82) is 0 Å². The Morgan fingerprint density at radius 2 is 2.57 bits per heavy atom. The minimum absolute atomic E-state index is 0.891. The molecule has 0 bridgehead atoms. The van der Waals surface area contributed by atoms with Crippen LogP contribution in [0.1, 0.15) is 0 Å². The highest BCUT2D eigenvalue weighted by Crippen LogP contribution is 1.91. The molecule has 1 aliphatic rings. The maximum atomic E-state index is 3.63. The van der Waals surface area contributed by atoms with Crippen molar-refractivity contribution in [1.82, 2.24) is 5.32 Å². The van der Waals surface area contributed by atoms with Crippen LogP contribution in [0.4, 0.5) is 0 Å². The maximum Gasteiger partial charge on any atom is 0.0312 e. The summed E-state index contributed by atoms with van der Waals surface area (Å²) in [6.45, 7) is 3.63. The van der Waals surface area contributed by atoms with Crippen molar-refractivity contribution in [3.05, 3.63) is 36.7 Å². The molecule has 1 heterocycles. The molecule has 7 heavy (non-hydrogen) atoms. The van der Waals surface area contributed by atoms with Crippen LogP contribution >= 0.6 is 0 Å². The fraction of sp³-hybridized carbons (Fsp3) is 0. The normalized spacial score (nSPS) is 16.9. The van der Waals surface area contributed by atoms with E-state index < -0.39 is 0 Å². The van der Waals surface area contributed by atoms with Gasteiger partial charge in [0.2, 0.25) is 0 Å². The quantitative estimate of drug-likeness (QED) is 0.469. The first kappa shape index (κ1) is 4.19. The van der Waals surface area contributed by atoms with Crippen molar-refractivity contribution in [3.63, 3.8) is 0 Å². The van der Waals surface area contributed by atoms with Gasteiger partial charge in [-0.25, -0.2) is 0 Å². The summed E-state index contributed by atoms with van der Waals surface area (Å²) in [5, 5.41) is 2.89. The molecular weight excluding hydrogens is 86.1 g/mol. The Labute approximate surface area is 43.0 Å². The third kappa shape index (κ3) is 0.929. The van der Waals surface area contributed by atoms with Gasteiger partial charge in [0, 0.05) is 11.9 Å². The van der Waals surface area contributed by atoms with Crippen LogP contribution in [0.5, 0.6) is 0 Å². The monoisotopic (exact) mass is 92.1 g/mol. The van der Waals surface area contributed by atoms with Gasteiger partial charge in [0.25, 0.3) is 0 Å². The highest BCUT2D eigenvalue weighted by atomic mass is 14.8. The summed E-state index contributed by atoms with van der Waals surface area (Å²) in [5.41, 5.74) is 0.891. The molecule has 0 spiro atoms. The lowest BCUT2D eigenvalue weighted by molar-refractivity contribution is 1.10. The molecule has 0 aliphatic carbocycles. The predicted molar refractivity (Wildman–Crippen MR) is 29.2 cm³/mol. The number of rotatable bonds is 0. The summed E-state index contributed by atoms with van der Waals surface area (Å²) < 4.78 is 0. The van der Waals surface area contributed by atoms with Crippen LogP contribution in [0.3, 0.4) is 0 Å². The average molecular weight is 92.1 g/mol. The van der Waals surface area contributed by atoms with Gasteiger partial charge >= 0.3 is 0 Å². The lowest BCUT2D eigenvalue weighted by Crippen LogP contribution is -2.02. The Morgan fingerprint density at radius 1 is 1.71 bits per heavy atom. The molecule has 1 radical (unpaired) electrons. The molecule has 35 valence electrons. The molecule has 0 unspecified atom stereocenters. The van der Waals surface area contributed by atoms with E-state index in [-0.39, 0.29) is 0 Å². The Balaban J connectivity index is 2.66. The second-order valence-electron chi connectivity index (χ2n) is 1.31. The smallest absolute Gasteiger partial charge is 0.0312 e. The molecule has 0 amide bonds. The molecular formula is C6H6N. The third-order valence-electron chi connectivity index (χ3n) is 0.706. The van der Waals surface area contributed by atoms with E-state index >= 15 is 0 Å². The molecule has 1 N–H and O–H groups in total. The molecule has 1 aliphatic heterocycles. The van der Waals surface area contributed by atoms with Crippen molar-refractivity contribution in [2.24, 2.45) is 0 Å². The standard InChI is InChI=1S/C6H6N/c1-6-4-2-3-5-7-6/h3-5,7H,1H2. The summed E-state index contributed by atoms with van der Waals surface area (Å²) in [5.74, 6) is 0. The van der Waals surface area contributed by atoms with E-state index in [9.17, 15) is 0 Å². The van der Waals surface area contributed by atoms with Crippen molar-refractivity contribution in [2.75, 3.05) is 0 Å². The number of hydrogen-bond acceptors (Lipinski definition) is 1. The summed E-state index contributed by atoms with van der Waals surface area (Å²) in [6.07, 6.45) is 8.25. The van der Waals surface area contributed by atoms with Crippen LogP contribution in [0.25, 0.3) is 0 Å². The van der Waals surface area contributed by atoms with Crippen molar-refractivity contribution in [2.45, 2.75) is 0 Å². The molecule has 0 atom stereocenters. The van der Waals surface area contributed by atoms with Crippen LogP contribution in [-0.2, 0) is 0 Å². The van der Waals surface area contributed by atoms with Crippen LogP contribution in [0, 0.1) is 6.08 Å².